The molecule has 0 fully saturated rings. The zero-order valence-corrected chi connectivity index (χ0v) is 21.2. The van der Waals surface area contributed by atoms with Crippen LogP contribution < -0.4 is 0 Å². The summed E-state index contributed by atoms with van der Waals surface area (Å²) in [5.41, 5.74) is 0. The van der Waals surface area contributed by atoms with Crippen molar-refractivity contribution >= 4 is 8.56 Å². The van der Waals surface area contributed by atoms with Crippen LogP contribution in [0.2, 0.25) is 11.1 Å². The van der Waals surface area contributed by atoms with Gasteiger partial charge in [-0.2, -0.15) is 0 Å². The van der Waals surface area contributed by atoms with E-state index in [2.05, 4.69) is 55.4 Å². The van der Waals surface area contributed by atoms with Gasteiger partial charge in [0.1, 0.15) is 0 Å². The maximum absolute atomic E-state index is 6.51. The SMILES string of the molecule is CCCCCCCCCCCC[Si](OCC)(OCC)C(C)(C)C(C)C(C)C. The van der Waals surface area contributed by atoms with Crippen LogP contribution in [-0.2, 0) is 8.85 Å². The highest BCUT2D eigenvalue weighted by Gasteiger charge is 2.54. The summed E-state index contributed by atoms with van der Waals surface area (Å²) < 4.78 is 13.0. The smallest absolute Gasteiger partial charge is 0.344 e. The minimum atomic E-state index is -2.24. The lowest BCUT2D eigenvalue weighted by atomic mass is 9.86. The van der Waals surface area contributed by atoms with Crippen molar-refractivity contribution in [2.24, 2.45) is 11.8 Å². The van der Waals surface area contributed by atoms with E-state index in [0.29, 0.717) is 11.8 Å². The van der Waals surface area contributed by atoms with Gasteiger partial charge in [0.15, 0.2) is 0 Å². The van der Waals surface area contributed by atoms with Gasteiger partial charge in [-0.1, -0.05) is 106 Å². The van der Waals surface area contributed by atoms with E-state index >= 15 is 0 Å². The van der Waals surface area contributed by atoms with E-state index in [9.17, 15) is 0 Å². The van der Waals surface area contributed by atoms with Crippen molar-refractivity contribution in [3.8, 4) is 0 Å². The molecule has 1 atom stereocenters. The second kappa shape index (κ2) is 15.0. The van der Waals surface area contributed by atoms with Crippen LogP contribution in [0.15, 0.2) is 0 Å². The van der Waals surface area contributed by atoms with E-state index in [0.717, 1.165) is 19.3 Å². The summed E-state index contributed by atoms with van der Waals surface area (Å²) in [6.45, 7) is 20.0. The highest BCUT2D eigenvalue weighted by atomic mass is 28.4. The largest absolute Gasteiger partial charge is 0.394 e. The molecule has 0 aliphatic rings. The van der Waals surface area contributed by atoms with E-state index in [1.807, 2.05) is 0 Å². The molecular formula is C24H52O2Si. The fraction of sp³-hybridized carbons (Fsp3) is 1.00. The summed E-state index contributed by atoms with van der Waals surface area (Å²) in [6, 6.07) is 1.15. The van der Waals surface area contributed by atoms with Gasteiger partial charge in [0.2, 0.25) is 0 Å². The van der Waals surface area contributed by atoms with Gasteiger partial charge in [-0.3, -0.25) is 0 Å². The van der Waals surface area contributed by atoms with Crippen LogP contribution >= 0.6 is 0 Å². The fourth-order valence-electron chi connectivity index (χ4n) is 4.37. The molecule has 0 radical (unpaired) electrons. The second-order valence-corrected chi connectivity index (χ2v) is 13.2. The Kier molecular flexibility index (Phi) is 15.1. The molecule has 0 spiro atoms. The van der Waals surface area contributed by atoms with Crippen molar-refractivity contribution < 1.29 is 8.85 Å². The third-order valence-corrected chi connectivity index (χ3v) is 11.7. The molecule has 0 aromatic rings. The zero-order valence-electron chi connectivity index (χ0n) is 20.2. The van der Waals surface area contributed by atoms with Crippen molar-refractivity contribution in [3.05, 3.63) is 0 Å². The highest BCUT2D eigenvalue weighted by Crippen LogP contribution is 2.50. The lowest BCUT2D eigenvalue weighted by Gasteiger charge is -2.47. The monoisotopic (exact) mass is 400 g/mol. The van der Waals surface area contributed by atoms with Gasteiger partial charge in [0, 0.05) is 18.3 Å². The summed E-state index contributed by atoms with van der Waals surface area (Å²) in [4.78, 5) is 0. The molecule has 0 rings (SSSR count). The Morgan fingerprint density at radius 1 is 0.667 bits per heavy atom. The van der Waals surface area contributed by atoms with Crippen molar-refractivity contribution in [2.45, 2.75) is 131 Å². The third kappa shape index (κ3) is 9.45. The number of unbranched alkanes of at least 4 members (excludes halogenated alkanes) is 9. The first-order chi connectivity index (χ1) is 12.8. The van der Waals surface area contributed by atoms with Crippen LogP contribution in [0.3, 0.4) is 0 Å². The van der Waals surface area contributed by atoms with Crippen LogP contribution in [0.25, 0.3) is 0 Å². The van der Waals surface area contributed by atoms with Crippen LogP contribution in [0.1, 0.15) is 120 Å². The second-order valence-electron chi connectivity index (χ2n) is 9.31. The van der Waals surface area contributed by atoms with Crippen molar-refractivity contribution in [1.82, 2.24) is 0 Å². The summed E-state index contributed by atoms with van der Waals surface area (Å²) in [7, 11) is -2.24. The third-order valence-electron chi connectivity index (χ3n) is 6.73. The van der Waals surface area contributed by atoms with E-state index < -0.39 is 8.56 Å². The summed E-state index contributed by atoms with van der Waals surface area (Å²) in [6.07, 6.45) is 13.8. The molecule has 0 N–H and O–H groups in total. The highest BCUT2D eigenvalue weighted by molar-refractivity contribution is 6.70. The first kappa shape index (κ1) is 27.1. The Labute approximate surface area is 173 Å². The average Bonchev–Trinajstić information content (AvgIpc) is 2.62. The van der Waals surface area contributed by atoms with Gasteiger partial charge >= 0.3 is 8.56 Å². The van der Waals surface area contributed by atoms with Crippen LogP contribution in [0, 0.1) is 11.8 Å². The molecule has 0 saturated heterocycles. The quantitative estimate of drug-likeness (QED) is 0.169. The van der Waals surface area contributed by atoms with E-state index in [1.165, 1.54) is 64.2 Å². The van der Waals surface area contributed by atoms with Gasteiger partial charge < -0.3 is 8.85 Å². The van der Waals surface area contributed by atoms with Gasteiger partial charge in [-0.05, 0) is 31.7 Å². The molecule has 0 bridgehead atoms. The molecule has 0 aromatic carbocycles. The first-order valence-corrected chi connectivity index (χ1v) is 14.1. The normalized spacial score (nSPS) is 14.1. The molecule has 27 heavy (non-hydrogen) atoms. The fourth-order valence-corrected chi connectivity index (χ4v) is 8.81. The Morgan fingerprint density at radius 2 is 1.07 bits per heavy atom. The lowest BCUT2D eigenvalue weighted by Crippen LogP contribution is -2.54. The van der Waals surface area contributed by atoms with Gasteiger partial charge in [0.25, 0.3) is 0 Å². The Morgan fingerprint density at radius 3 is 1.44 bits per heavy atom. The molecular weight excluding hydrogens is 348 g/mol. The predicted octanol–water partition coefficient (Wildman–Crippen LogP) is 8.49. The van der Waals surface area contributed by atoms with E-state index in [1.54, 1.807) is 0 Å². The summed E-state index contributed by atoms with van der Waals surface area (Å²) >= 11 is 0. The average molecular weight is 401 g/mol. The van der Waals surface area contributed by atoms with Crippen LogP contribution in [-0.4, -0.2) is 21.8 Å². The predicted molar refractivity (Wildman–Crippen MR) is 124 cm³/mol. The molecule has 0 aliphatic carbocycles. The van der Waals surface area contributed by atoms with Crippen LogP contribution in [0.5, 0.6) is 0 Å². The molecule has 164 valence electrons. The Hall–Kier alpha value is 0.137. The molecule has 0 saturated carbocycles. The van der Waals surface area contributed by atoms with E-state index in [4.69, 9.17) is 8.85 Å². The molecule has 0 amide bonds. The first-order valence-electron chi connectivity index (χ1n) is 12.1. The van der Waals surface area contributed by atoms with Crippen LogP contribution in [0.4, 0.5) is 0 Å². The Balaban J connectivity index is 4.54. The maximum atomic E-state index is 6.51. The lowest BCUT2D eigenvalue weighted by molar-refractivity contribution is 0.131. The van der Waals surface area contributed by atoms with Gasteiger partial charge in [-0.15, -0.1) is 0 Å². The molecule has 1 unspecified atom stereocenters. The molecule has 2 nitrogen and oxygen atoms in total. The van der Waals surface area contributed by atoms with Gasteiger partial charge in [-0.25, -0.2) is 0 Å². The topological polar surface area (TPSA) is 18.5 Å². The van der Waals surface area contributed by atoms with Crippen molar-refractivity contribution in [2.75, 3.05) is 13.2 Å². The molecule has 3 heteroatoms. The molecule has 0 aromatic heterocycles. The standard InChI is InChI=1S/C24H52O2Si/c1-9-12-13-14-15-16-17-18-19-20-21-27(25-10-2,26-11-3)24(7,8)23(6)22(4)5/h22-23H,9-21H2,1-8H3. The summed E-state index contributed by atoms with van der Waals surface area (Å²) in [5, 5.41) is 0.131. The zero-order chi connectivity index (χ0) is 20.8. The number of hydrogen-bond acceptors (Lipinski definition) is 2. The summed E-state index contributed by atoms with van der Waals surface area (Å²) in [5.74, 6) is 1.26. The van der Waals surface area contributed by atoms with E-state index in [-0.39, 0.29) is 5.04 Å². The molecule has 0 heterocycles. The van der Waals surface area contributed by atoms with Crippen molar-refractivity contribution in [3.63, 3.8) is 0 Å². The maximum Gasteiger partial charge on any atom is 0.344 e. The number of hydrogen-bond donors (Lipinski definition) is 0. The van der Waals surface area contributed by atoms with Crippen molar-refractivity contribution in [1.29, 1.82) is 0 Å². The molecule has 0 aliphatic heterocycles. The minimum absolute atomic E-state index is 0.131. The minimum Gasteiger partial charge on any atom is -0.394 e. The number of rotatable bonds is 18. The Bertz CT molecular complexity index is 335. The van der Waals surface area contributed by atoms with Gasteiger partial charge in [0.05, 0.1) is 0 Å².